The average molecular weight is 397 g/mol. The lowest BCUT2D eigenvalue weighted by Gasteiger charge is -2.45. The second-order valence-electron chi connectivity index (χ2n) is 7.56. The lowest BCUT2D eigenvalue weighted by Crippen LogP contribution is -2.47. The van der Waals surface area contributed by atoms with Crippen molar-refractivity contribution in [3.8, 4) is 0 Å². The Morgan fingerprint density at radius 3 is 2.52 bits per heavy atom. The van der Waals surface area contributed by atoms with Crippen LogP contribution in [0.4, 0.5) is 5.69 Å². The van der Waals surface area contributed by atoms with Crippen molar-refractivity contribution < 1.29 is 0 Å². The zero-order valence-corrected chi connectivity index (χ0v) is 17.3. The first-order chi connectivity index (χ1) is 14.3. The summed E-state index contributed by atoms with van der Waals surface area (Å²) >= 11 is 1.78. The number of anilines is 1. The van der Waals surface area contributed by atoms with Gasteiger partial charge in [0.25, 0.3) is 0 Å². The number of hydrogen-bond acceptors (Lipinski definition) is 2. The predicted octanol–water partition coefficient (Wildman–Crippen LogP) is 6.80. The van der Waals surface area contributed by atoms with Gasteiger partial charge in [0.2, 0.25) is 0 Å². The van der Waals surface area contributed by atoms with Crippen LogP contribution in [0.5, 0.6) is 0 Å². The van der Waals surface area contributed by atoms with Crippen LogP contribution in [0.15, 0.2) is 101 Å². The summed E-state index contributed by atoms with van der Waals surface area (Å²) in [5.74, 6) is 1.19. The Morgan fingerprint density at radius 1 is 0.931 bits per heavy atom. The van der Waals surface area contributed by atoms with Gasteiger partial charge < -0.3 is 4.90 Å². The second-order valence-corrected chi connectivity index (χ2v) is 8.44. The fourth-order valence-electron chi connectivity index (χ4n) is 4.15. The summed E-state index contributed by atoms with van der Waals surface area (Å²) in [6.07, 6.45) is 12.7. The minimum absolute atomic E-state index is 0.250. The van der Waals surface area contributed by atoms with Crippen LogP contribution in [0.1, 0.15) is 24.4 Å². The summed E-state index contributed by atoms with van der Waals surface area (Å²) in [5.41, 5.74) is 2.58. The van der Waals surface area contributed by atoms with Gasteiger partial charge >= 0.3 is 0 Å². The number of amidine groups is 1. The number of allylic oxidation sites excluding steroid dienone is 2. The molecule has 5 rings (SSSR count). The van der Waals surface area contributed by atoms with Crippen molar-refractivity contribution in [1.29, 1.82) is 0 Å². The Balaban J connectivity index is 1.50. The molecule has 2 nitrogen and oxygen atoms in total. The first kappa shape index (κ1) is 18.3. The van der Waals surface area contributed by atoms with Crippen molar-refractivity contribution in [3.63, 3.8) is 0 Å². The van der Waals surface area contributed by atoms with E-state index < -0.39 is 0 Å². The van der Waals surface area contributed by atoms with E-state index in [2.05, 4.69) is 102 Å². The van der Waals surface area contributed by atoms with Crippen LogP contribution in [0, 0.1) is 0 Å². The van der Waals surface area contributed by atoms with Crippen molar-refractivity contribution >= 4 is 34.1 Å². The molecule has 2 atom stereocenters. The van der Waals surface area contributed by atoms with Crippen LogP contribution in [0.2, 0.25) is 0 Å². The molecule has 144 valence electrons. The highest BCUT2D eigenvalue weighted by molar-refractivity contribution is 7.98. The molecule has 0 N–H and O–H groups in total. The topological polar surface area (TPSA) is 15.6 Å². The molecule has 3 heteroatoms. The molecule has 1 aliphatic heterocycles. The van der Waals surface area contributed by atoms with Gasteiger partial charge in [0, 0.05) is 17.0 Å². The summed E-state index contributed by atoms with van der Waals surface area (Å²) in [7, 11) is 0. The van der Waals surface area contributed by atoms with E-state index in [1.54, 1.807) is 11.8 Å². The van der Waals surface area contributed by atoms with Gasteiger partial charge in [0.05, 0.1) is 12.1 Å². The molecule has 2 aliphatic rings. The van der Waals surface area contributed by atoms with Crippen molar-refractivity contribution in [3.05, 3.63) is 96.6 Å². The number of benzene rings is 3. The summed E-state index contributed by atoms with van der Waals surface area (Å²) in [6, 6.07) is 24.9. The molecule has 0 radical (unpaired) electrons. The van der Waals surface area contributed by atoms with E-state index in [9.17, 15) is 0 Å². The Labute approximate surface area is 176 Å². The van der Waals surface area contributed by atoms with E-state index in [-0.39, 0.29) is 6.04 Å². The normalized spacial score (nSPS) is 22.2. The van der Waals surface area contributed by atoms with Crippen LogP contribution in [-0.2, 0) is 0 Å². The van der Waals surface area contributed by atoms with E-state index >= 15 is 0 Å². The quantitative estimate of drug-likeness (QED) is 0.451. The third-order valence-electron chi connectivity index (χ3n) is 5.75. The van der Waals surface area contributed by atoms with Crippen LogP contribution in [0.3, 0.4) is 0 Å². The van der Waals surface area contributed by atoms with Crippen LogP contribution >= 0.6 is 11.8 Å². The van der Waals surface area contributed by atoms with Gasteiger partial charge in [0.1, 0.15) is 5.84 Å². The molecule has 3 aromatic rings. The smallest absolute Gasteiger partial charge is 0.107 e. The monoisotopic (exact) mass is 396 g/mol. The molecule has 3 aromatic carbocycles. The van der Waals surface area contributed by atoms with Crippen molar-refractivity contribution in [2.24, 2.45) is 4.99 Å². The summed E-state index contributed by atoms with van der Waals surface area (Å²) in [5, 5.41) is 2.59. The summed E-state index contributed by atoms with van der Waals surface area (Å²) < 4.78 is 0. The highest BCUT2D eigenvalue weighted by Crippen LogP contribution is 2.41. The third-order valence-corrected chi connectivity index (χ3v) is 6.49. The van der Waals surface area contributed by atoms with E-state index in [1.165, 1.54) is 32.8 Å². The first-order valence-corrected chi connectivity index (χ1v) is 11.4. The van der Waals surface area contributed by atoms with Crippen LogP contribution in [0.25, 0.3) is 10.8 Å². The van der Waals surface area contributed by atoms with Crippen molar-refractivity contribution in [2.75, 3.05) is 11.2 Å². The molecule has 0 saturated carbocycles. The highest BCUT2D eigenvalue weighted by atomic mass is 32.2. The molecule has 0 bridgehead atoms. The molecular weight excluding hydrogens is 372 g/mol. The Bertz CT molecular complexity index is 1110. The Hall–Kier alpha value is -2.78. The Morgan fingerprint density at radius 2 is 1.76 bits per heavy atom. The predicted molar refractivity (Wildman–Crippen MR) is 126 cm³/mol. The molecule has 1 aliphatic carbocycles. The molecule has 0 aromatic heterocycles. The van der Waals surface area contributed by atoms with E-state index in [0.717, 1.165) is 12.8 Å². The number of fused-ring (bicyclic) bond motifs is 1. The molecule has 1 fully saturated rings. The molecular formula is C26H24N2S. The molecule has 0 amide bonds. The molecule has 29 heavy (non-hydrogen) atoms. The summed E-state index contributed by atoms with van der Waals surface area (Å²) in [6.45, 7) is 0. The second kappa shape index (κ2) is 7.92. The zero-order valence-electron chi connectivity index (χ0n) is 16.5. The van der Waals surface area contributed by atoms with Gasteiger partial charge in [-0.15, -0.1) is 11.8 Å². The lowest BCUT2D eigenvalue weighted by atomic mass is 9.90. The van der Waals surface area contributed by atoms with Gasteiger partial charge in [-0.05, 0) is 59.3 Å². The average Bonchev–Trinajstić information content (AvgIpc) is 2.77. The van der Waals surface area contributed by atoms with Gasteiger partial charge in [-0.2, -0.15) is 0 Å². The fourth-order valence-corrected chi connectivity index (χ4v) is 4.56. The number of hydrogen-bond donors (Lipinski definition) is 0. The molecule has 1 heterocycles. The van der Waals surface area contributed by atoms with Crippen molar-refractivity contribution in [2.45, 2.75) is 29.8 Å². The maximum absolute atomic E-state index is 5.08. The standard InChI is InChI=1S/C26H24N2S/c1-29-24-15-13-23(14-16-24)28-25(18-26(28)27-22-9-3-2-4-10-22)21-12-11-19-7-5-6-8-20(19)17-21/h2-9,11-17,22,25H,10,18H2,1H3. The lowest BCUT2D eigenvalue weighted by molar-refractivity contribution is 0.638. The number of aliphatic imine (C=N–C) groups is 1. The van der Waals surface area contributed by atoms with Gasteiger partial charge in [-0.25, -0.2) is 0 Å². The first-order valence-electron chi connectivity index (χ1n) is 10.1. The van der Waals surface area contributed by atoms with Gasteiger partial charge in [-0.3, -0.25) is 4.99 Å². The fraction of sp³-hybridized carbons (Fsp3) is 0.192. The number of nitrogens with zero attached hydrogens (tertiary/aromatic N) is 2. The minimum atomic E-state index is 0.250. The zero-order chi connectivity index (χ0) is 19.6. The van der Waals surface area contributed by atoms with Gasteiger partial charge in [-0.1, -0.05) is 60.7 Å². The molecule has 1 saturated heterocycles. The van der Waals surface area contributed by atoms with Crippen LogP contribution < -0.4 is 4.90 Å². The maximum atomic E-state index is 5.08. The molecule has 2 unspecified atom stereocenters. The minimum Gasteiger partial charge on any atom is -0.322 e. The van der Waals surface area contributed by atoms with E-state index in [4.69, 9.17) is 4.99 Å². The number of thioether (sulfide) groups is 1. The summed E-state index contributed by atoms with van der Waals surface area (Å²) in [4.78, 5) is 8.78. The Kier molecular flexibility index (Phi) is 4.99. The van der Waals surface area contributed by atoms with E-state index in [1.807, 2.05) is 0 Å². The third kappa shape index (κ3) is 3.63. The van der Waals surface area contributed by atoms with Crippen molar-refractivity contribution in [1.82, 2.24) is 0 Å². The number of rotatable bonds is 4. The van der Waals surface area contributed by atoms with E-state index in [0.29, 0.717) is 6.04 Å². The maximum Gasteiger partial charge on any atom is 0.107 e. The van der Waals surface area contributed by atoms with Crippen LogP contribution in [-0.4, -0.2) is 18.1 Å². The SMILES string of the molecule is CSc1ccc(N2C(=NC3C=CC=CC3)CC2c2ccc3ccccc3c2)cc1. The highest BCUT2D eigenvalue weighted by Gasteiger charge is 2.36. The largest absolute Gasteiger partial charge is 0.322 e. The van der Waals surface area contributed by atoms with Gasteiger partial charge in [0.15, 0.2) is 0 Å². The molecule has 0 spiro atoms.